The lowest BCUT2D eigenvalue weighted by Gasteiger charge is -2.29. The summed E-state index contributed by atoms with van der Waals surface area (Å²) in [5.41, 5.74) is 0.112. The van der Waals surface area contributed by atoms with Gasteiger partial charge in [0.1, 0.15) is 11.3 Å². The lowest BCUT2D eigenvalue weighted by atomic mass is 10.1. The second-order valence-corrected chi connectivity index (χ2v) is 5.21. The van der Waals surface area contributed by atoms with E-state index in [1.807, 2.05) is 0 Å². The van der Waals surface area contributed by atoms with Gasteiger partial charge < -0.3 is 14.2 Å². The molecule has 0 unspecified atom stereocenters. The third kappa shape index (κ3) is 4.73. The molecule has 0 aromatic heterocycles. The van der Waals surface area contributed by atoms with Crippen molar-refractivity contribution in [3.63, 3.8) is 0 Å². The van der Waals surface area contributed by atoms with Gasteiger partial charge in [0, 0.05) is 13.8 Å². The predicted molar refractivity (Wildman–Crippen MR) is 72.2 cm³/mol. The molecule has 0 N–H and O–H groups in total. The quantitative estimate of drug-likeness (QED) is 0.484. The molecule has 0 saturated carbocycles. The van der Waals surface area contributed by atoms with E-state index in [2.05, 4.69) is 4.74 Å². The molecular weight excluding hydrogens is 317 g/mol. The van der Waals surface area contributed by atoms with Gasteiger partial charge in [-0.05, 0) is 23.8 Å². The van der Waals surface area contributed by atoms with Gasteiger partial charge in [-0.3, -0.25) is 0 Å². The van der Waals surface area contributed by atoms with Crippen LogP contribution in [0.4, 0.5) is 13.2 Å². The molecule has 1 aliphatic heterocycles. The Kier molecular flexibility index (Phi) is 4.35. The number of carbonyl (C=O) groups is 2. The molecule has 0 atom stereocenters. The third-order valence-corrected chi connectivity index (χ3v) is 2.71. The van der Waals surface area contributed by atoms with Crippen LogP contribution in [-0.2, 0) is 19.1 Å². The average Bonchev–Trinajstić information content (AvgIpc) is 2.40. The predicted octanol–water partition coefficient (Wildman–Crippen LogP) is 2.85. The number of benzene rings is 1. The number of ether oxygens (including phenoxy) is 3. The summed E-state index contributed by atoms with van der Waals surface area (Å²) in [5.74, 6) is -2.98. The number of alkyl halides is 3. The van der Waals surface area contributed by atoms with E-state index in [0.29, 0.717) is 5.56 Å². The first-order valence-corrected chi connectivity index (χ1v) is 6.54. The molecule has 0 bridgehead atoms. The Balaban J connectivity index is 2.11. The minimum Gasteiger partial charge on any atom is -0.484 e. The third-order valence-electron chi connectivity index (χ3n) is 2.71. The molecule has 1 aliphatic rings. The summed E-state index contributed by atoms with van der Waals surface area (Å²) in [6.07, 6.45) is -3.20. The second-order valence-electron chi connectivity index (χ2n) is 5.21. The molecule has 5 nitrogen and oxygen atoms in total. The van der Waals surface area contributed by atoms with Crippen molar-refractivity contribution in [1.82, 2.24) is 0 Å². The molecule has 0 amide bonds. The van der Waals surface area contributed by atoms with Crippen molar-refractivity contribution >= 4 is 18.0 Å². The highest BCUT2D eigenvalue weighted by molar-refractivity contribution is 6.18. The highest BCUT2D eigenvalue weighted by atomic mass is 19.4. The maximum atomic E-state index is 12.0. The van der Waals surface area contributed by atoms with Crippen LogP contribution in [0.15, 0.2) is 29.8 Å². The van der Waals surface area contributed by atoms with Gasteiger partial charge in [-0.15, -0.1) is 0 Å². The average molecular weight is 330 g/mol. The number of esters is 2. The second kappa shape index (κ2) is 5.94. The Morgan fingerprint density at radius 3 is 2.09 bits per heavy atom. The first kappa shape index (κ1) is 16.9. The van der Waals surface area contributed by atoms with E-state index in [0.717, 1.165) is 0 Å². The van der Waals surface area contributed by atoms with Gasteiger partial charge in [0.2, 0.25) is 0 Å². The molecular formula is C15H13F3O5. The topological polar surface area (TPSA) is 61.8 Å². The number of rotatable bonds is 3. The van der Waals surface area contributed by atoms with Gasteiger partial charge in [-0.1, -0.05) is 12.1 Å². The standard InChI is InChI=1S/C15H13F3O5/c1-14(2)22-12(19)11(13(20)23-14)7-9-3-5-10(6-4-9)21-8-15(16,17)18/h3-7H,8H2,1-2H3. The first-order valence-electron chi connectivity index (χ1n) is 6.54. The lowest BCUT2D eigenvalue weighted by molar-refractivity contribution is -0.222. The SMILES string of the molecule is CC1(C)OC(=O)C(=Cc2ccc(OCC(F)(F)F)cc2)C(=O)O1. The van der Waals surface area contributed by atoms with Crippen LogP contribution in [0.5, 0.6) is 5.75 Å². The summed E-state index contributed by atoms with van der Waals surface area (Å²) < 4.78 is 50.5. The van der Waals surface area contributed by atoms with Crippen molar-refractivity contribution in [2.45, 2.75) is 25.8 Å². The number of carbonyl (C=O) groups excluding carboxylic acids is 2. The summed E-state index contributed by atoms with van der Waals surface area (Å²) in [4.78, 5) is 23.5. The van der Waals surface area contributed by atoms with E-state index in [-0.39, 0.29) is 11.3 Å². The maximum Gasteiger partial charge on any atom is 0.422 e. The van der Waals surface area contributed by atoms with Crippen molar-refractivity contribution in [1.29, 1.82) is 0 Å². The number of halogens is 3. The molecule has 8 heteroatoms. The van der Waals surface area contributed by atoms with Crippen molar-refractivity contribution < 1.29 is 37.0 Å². The molecule has 1 heterocycles. The van der Waals surface area contributed by atoms with Gasteiger partial charge >= 0.3 is 18.1 Å². The number of cyclic esters (lactones) is 2. The van der Waals surface area contributed by atoms with Gasteiger partial charge in [0.25, 0.3) is 5.79 Å². The van der Waals surface area contributed by atoms with Gasteiger partial charge in [0.15, 0.2) is 6.61 Å². The summed E-state index contributed by atoms with van der Waals surface area (Å²) in [5, 5.41) is 0. The monoisotopic (exact) mass is 330 g/mol. The molecule has 23 heavy (non-hydrogen) atoms. The highest BCUT2D eigenvalue weighted by Crippen LogP contribution is 2.25. The molecule has 1 saturated heterocycles. The molecule has 1 aromatic rings. The van der Waals surface area contributed by atoms with Crippen molar-refractivity contribution in [3.8, 4) is 5.75 Å². The van der Waals surface area contributed by atoms with E-state index in [1.165, 1.54) is 44.2 Å². The zero-order valence-corrected chi connectivity index (χ0v) is 12.3. The van der Waals surface area contributed by atoms with E-state index in [4.69, 9.17) is 9.47 Å². The van der Waals surface area contributed by atoms with E-state index in [9.17, 15) is 22.8 Å². The fourth-order valence-corrected chi connectivity index (χ4v) is 1.77. The van der Waals surface area contributed by atoms with Crippen LogP contribution in [0, 0.1) is 0 Å². The van der Waals surface area contributed by atoms with E-state index in [1.54, 1.807) is 0 Å². The van der Waals surface area contributed by atoms with Gasteiger partial charge in [-0.2, -0.15) is 13.2 Å². The fraction of sp³-hybridized carbons (Fsp3) is 0.333. The molecule has 2 rings (SSSR count). The maximum absolute atomic E-state index is 12.0. The zero-order chi connectivity index (χ0) is 17.3. The van der Waals surface area contributed by atoms with Crippen molar-refractivity contribution in [2.75, 3.05) is 6.61 Å². The smallest absolute Gasteiger partial charge is 0.422 e. The molecule has 0 aliphatic carbocycles. The van der Waals surface area contributed by atoms with Gasteiger partial charge in [0.05, 0.1) is 0 Å². The van der Waals surface area contributed by atoms with Crippen LogP contribution in [0.3, 0.4) is 0 Å². The van der Waals surface area contributed by atoms with Crippen molar-refractivity contribution in [3.05, 3.63) is 35.4 Å². The Labute approximate surface area is 129 Å². The lowest BCUT2D eigenvalue weighted by Crippen LogP contribution is -2.41. The van der Waals surface area contributed by atoms with Crippen LogP contribution in [0.2, 0.25) is 0 Å². The number of hydrogen-bond donors (Lipinski definition) is 0. The molecule has 124 valence electrons. The number of hydrogen-bond acceptors (Lipinski definition) is 5. The van der Waals surface area contributed by atoms with E-state index >= 15 is 0 Å². The normalized spacial score (nSPS) is 17.3. The van der Waals surface area contributed by atoms with Crippen LogP contribution in [0.25, 0.3) is 6.08 Å². The Bertz CT molecular complexity index is 622. The molecule has 1 fully saturated rings. The summed E-state index contributed by atoms with van der Waals surface area (Å²) in [6.45, 7) is 1.44. The fourth-order valence-electron chi connectivity index (χ4n) is 1.77. The molecule has 1 aromatic carbocycles. The van der Waals surface area contributed by atoms with Crippen molar-refractivity contribution in [2.24, 2.45) is 0 Å². The summed E-state index contributed by atoms with van der Waals surface area (Å²) >= 11 is 0. The highest BCUT2D eigenvalue weighted by Gasteiger charge is 2.38. The summed E-state index contributed by atoms with van der Waals surface area (Å²) in [7, 11) is 0. The van der Waals surface area contributed by atoms with Crippen LogP contribution >= 0.6 is 0 Å². The summed E-state index contributed by atoms with van der Waals surface area (Å²) in [6, 6.07) is 5.39. The molecule has 0 spiro atoms. The minimum absolute atomic E-state index is 0.0133. The van der Waals surface area contributed by atoms with Gasteiger partial charge in [-0.25, -0.2) is 9.59 Å². The first-order chi connectivity index (χ1) is 10.6. The Morgan fingerprint density at radius 1 is 1.09 bits per heavy atom. The van der Waals surface area contributed by atoms with Crippen LogP contribution < -0.4 is 4.74 Å². The van der Waals surface area contributed by atoms with E-state index < -0.39 is 30.5 Å². The largest absolute Gasteiger partial charge is 0.484 e. The Hall–Kier alpha value is -2.51. The zero-order valence-electron chi connectivity index (χ0n) is 12.3. The molecule has 0 radical (unpaired) electrons. The van der Waals surface area contributed by atoms with Crippen LogP contribution in [0.1, 0.15) is 19.4 Å². The minimum atomic E-state index is -4.43. The van der Waals surface area contributed by atoms with Crippen LogP contribution in [-0.4, -0.2) is 30.5 Å². The Morgan fingerprint density at radius 2 is 1.61 bits per heavy atom.